The maximum atomic E-state index is 12.6. The minimum absolute atomic E-state index is 0.193. The van der Waals surface area contributed by atoms with Crippen molar-refractivity contribution in [1.82, 2.24) is 0 Å². The van der Waals surface area contributed by atoms with Crippen molar-refractivity contribution in [2.75, 3.05) is 26.4 Å². The van der Waals surface area contributed by atoms with Crippen molar-refractivity contribution in [2.24, 2.45) is 0 Å². The van der Waals surface area contributed by atoms with Gasteiger partial charge in [0.2, 0.25) is 0 Å². The van der Waals surface area contributed by atoms with Crippen LogP contribution in [0, 0.1) is 0 Å². The molecule has 3 N–H and O–H groups in total. The lowest BCUT2D eigenvalue weighted by molar-refractivity contribution is -0.161. The number of unbranched alkanes of at least 4 members (excludes halogenated alkanes) is 30. The van der Waals surface area contributed by atoms with E-state index in [0.717, 1.165) is 32.1 Å². The first-order valence-electron chi connectivity index (χ1n) is 23.0. The Morgan fingerprint density at radius 1 is 0.473 bits per heavy atom. The zero-order valence-corrected chi connectivity index (χ0v) is 36.6. The Morgan fingerprint density at radius 2 is 0.782 bits per heavy atom. The average molecular weight is 807 g/mol. The molecule has 0 saturated carbocycles. The molecular weight excluding hydrogens is 719 g/mol. The minimum Gasteiger partial charge on any atom is -0.462 e. The van der Waals surface area contributed by atoms with E-state index in [9.17, 15) is 24.2 Å². The summed E-state index contributed by atoms with van der Waals surface area (Å²) in [6.07, 6.45) is 37.8. The summed E-state index contributed by atoms with van der Waals surface area (Å²) in [5.41, 5.74) is 0. The van der Waals surface area contributed by atoms with Crippen molar-refractivity contribution in [3.8, 4) is 0 Å². The lowest BCUT2D eigenvalue weighted by Crippen LogP contribution is -2.29. The van der Waals surface area contributed by atoms with Gasteiger partial charge in [-0.1, -0.05) is 206 Å². The number of esters is 2. The second kappa shape index (κ2) is 41.1. The summed E-state index contributed by atoms with van der Waals surface area (Å²) in [6, 6.07) is 0. The van der Waals surface area contributed by atoms with Gasteiger partial charge in [-0.2, -0.15) is 0 Å². The molecule has 0 spiro atoms. The van der Waals surface area contributed by atoms with Crippen LogP contribution in [-0.4, -0.2) is 65.7 Å². The molecule has 0 aromatic rings. The number of aliphatic hydroxyl groups excluding tert-OH is 2. The molecule has 0 fully saturated rings. The van der Waals surface area contributed by atoms with Crippen molar-refractivity contribution >= 4 is 19.8 Å². The third-order valence-corrected chi connectivity index (χ3v) is 11.2. The third kappa shape index (κ3) is 40.9. The zero-order chi connectivity index (χ0) is 40.5. The van der Waals surface area contributed by atoms with Crippen molar-refractivity contribution in [1.29, 1.82) is 0 Å². The second-order valence-electron chi connectivity index (χ2n) is 15.8. The minimum atomic E-state index is -4.61. The lowest BCUT2D eigenvalue weighted by Gasteiger charge is -2.20. The van der Waals surface area contributed by atoms with Crippen LogP contribution in [0.3, 0.4) is 0 Å². The molecule has 0 bridgehead atoms. The van der Waals surface area contributed by atoms with Crippen LogP contribution >= 0.6 is 7.82 Å². The van der Waals surface area contributed by atoms with Crippen molar-refractivity contribution < 1.29 is 47.8 Å². The molecular formula is C44H87O10P. The SMILES string of the molecule is CCCCCCCCCCCCCCCCCCC(=O)OCC(COP(=O)(O)OCC(O)CO)OC(=O)CCCCCCCCCCCCCCCCCC. The molecule has 55 heavy (non-hydrogen) atoms. The molecule has 0 aromatic carbocycles. The number of ether oxygens (including phenoxy) is 2. The third-order valence-electron chi connectivity index (χ3n) is 10.3. The van der Waals surface area contributed by atoms with Crippen LogP contribution in [0.25, 0.3) is 0 Å². The molecule has 0 aromatic heterocycles. The Kier molecular flexibility index (Phi) is 40.4. The highest BCUT2D eigenvalue weighted by Gasteiger charge is 2.27. The summed E-state index contributed by atoms with van der Waals surface area (Å²) in [7, 11) is -4.61. The fourth-order valence-electron chi connectivity index (χ4n) is 6.70. The van der Waals surface area contributed by atoms with Crippen LogP contribution in [0.1, 0.15) is 232 Å². The molecule has 0 radical (unpaired) electrons. The Labute approximate surface area is 337 Å². The smallest absolute Gasteiger partial charge is 0.462 e. The van der Waals surface area contributed by atoms with E-state index in [0.29, 0.717) is 12.8 Å². The van der Waals surface area contributed by atoms with Gasteiger partial charge in [0.1, 0.15) is 12.7 Å². The van der Waals surface area contributed by atoms with Gasteiger partial charge in [-0.25, -0.2) is 4.57 Å². The highest BCUT2D eigenvalue weighted by molar-refractivity contribution is 7.47. The molecule has 3 unspecified atom stereocenters. The predicted octanol–water partition coefficient (Wildman–Crippen LogP) is 12.2. The van der Waals surface area contributed by atoms with E-state index < -0.39 is 51.8 Å². The van der Waals surface area contributed by atoms with Crippen LogP contribution in [0.2, 0.25) is 0 Å². The van der Waals surface area contributed by atoms with E-state index in [1.54, 1.807) is 0 Å². The van der Waals surface area contributed by atoms with E-state index in [2.05, 4.69) is 13.8 Å². The van der Waals surface area contributed by atoms with Crippen LogP contribution in [0.15, 0.2) is 0 Å². The molecule has 0 aliphatic rings. The van der Waals surface area contributed by atoms with Gasteiger partial charge in [0.25, 0.3) is 0 Å². The van der Waals surface area contributed by atoms with Gasteiger partial charge in [0, 0.05) is 12.8 Å². The highest BCUT2D eigenvalue weighted by atomic mass is 31.2. The van der Waals surface area contributed by atoms with Gasteiger partial charge < -0.3 is 24.6 Å². The molecule has 0 aliphatic carbocycles. The summed E-state index contributed by atoms with van der Waals surface area (Å²) < 4.78 is 32.8. The first-order chi connectivity index (χ1) is 26.7. The second-order valence-corrected chi connectivity index (χ2v) is 17.3. The Morgan fingerprint density at radius 3 is 1.13 bits per heavy atom. The first kappa shape index (κ1) is 54.0. The molecule has 0 heterocycles. The average Bonchev–Trinajstić information content (AvgIpc) is 3.17. The van der Waals surface area contributed by atoms with E-state index in [4.69, 9.17) is 23.6 Å². The highest BCUT2D eigenvalue weighted by Crippen LogP contribution is 2.43. The quantitative estimate of drug-likeness (QED) is 0.0308. The summed E-state index contributed by atoms with van der Waals surface area (Å²) in [4.78, 5) is 35.0. The van der Waals surface area contributed by atoms with Gasteiger partial charge in [-0.15, -0.1) is 0 Å². The van der Waals surface area contributed by atoms with E-state index >= 15 is 0 Å². The first-order valence-corrected chi connectivity index (χ1v) is 24.5. The number of phosphoric acid groups is 1. The largest absolute Gasteiger partial charge is 0.472 e. The standard InChI is InChI=1S/C44H87O10P/c1-3-5-7-9-11-13-15-17-19-21-23-25-27-29-31-33-35-43(47)51-39-42(40-53-55(49,50)52-38-41(46)37-45)54-44(48)36-34-32-30-28-26-24-22-20-18-16-14-12-10-8-6-4-2/h41-42,45-46H,3-40H2,1-2H3,(H,49,50). The van der Waals surface area contributed by atoms with Gasteiger partial charge >= 0.3 is 19.8 Å². The fourth-order valence-corrected chi connectivity index (χ4v) is 7.49. The molecule has 0 amide bonds. The number of hydrogen-bond donors (Lipinski definition) is 3. The topological polar surface area (TPSA) is 149 Å². The van der Waals surface area contributed by atoms with E-state index in [1.165, 1.54) is 161 Å². The van der Waals surface area contributed by atoms with Crippen LogP contribution in [0.5, 0.6) is 0 Å². The fraction of sp³-hybridized carbons (Fsp3) is 0.955. The van der Waals surface area contributed by atoms with Crippen molar-refractivity contribution in [2.45, 2.75) is 244 Å². The van der Waals surface area contributed by atoms with Crippen molar-refractivity contribution in [3.63, 3.8) is 0 Å². The number of carbonyl (C=O) groups excluding carboxylic acids is 2. The molecule has 3 atom stereocenters. The molecule has 0 saturated heterocycles. The van der Waals surface area contributed by atoms with Gasteiger partial charge in [0.05, 0.1) is 19.8 Å². The van der Waals surface area contributed by atoms with E-state index in [-0.39, 0.29) is 19.4 Å². The molecule has 0 aliphatic heterocycles. The van der Waals surface area contributed by atoms with E-state index in [1.807, 2.05) is 0 Å². The monoisotopic (exact) mass is 807 g/mol. The molecule has 11 heteroatoms. The van der Waals surface area contributed by atoms with Crippen LogP contribution in [0.4, 0.5) is 0 Å². The maximum Gasteiger partial charge on any atom is 0.472 e. The predicted molar refractivity (Wildman–Crippen MR) is 224 cm³/mol. The van der Waals surface area contributed by atoms with Crippen LogP contribution in [-0.2, 0) is 32.7 Å². The van der Waals surface area contributed by atoms with Crippen LogP contribution < -0.4 is 0 Å². The number of carbonyl (C=O) groups is 2. The Bertz CT molecular complexity index is 889. The summed E-state index contributed by atoms with van der Waals surface area (Å²) in [6.45, 7) is 2.43. The molecule has 10 nitrogen and oxygen atoms in total. The summed E-state index contributed by atoms with van der Waals surface area (Å²) >= 11 is 0. The number of aliphatic hydroxyl groups is 2. The Hall–Kier alpha value is -1.03. The summed E-state index contributed by atoms with van der Waals surface area (Å²) in [5, 5.41) is 18.3. The summed E-state index contributed by atoms with van der Waals surface area (Å²) in [5.74, 6) is -0.907. The van der Waals surface area contributed by atoms with Gasteiger partial charge in [-0.3, -0.25) is 18.6 Å². The number of rotatable bonds is 44. The van der Waals surface area contributed by atoms with Crippen molar-refractivity contribution in [3.05, 3.63) is 0 Å². The number of hydrogen-bond acceptors (Lipinski definition) is 9. The van der Waals surface area contributed by atoms with Gasteiger partial charge in [0.15, 0.2) is 6.10 Å². The molecule has 0 rings (SSSR count). The number of phosphoric ester groups is 1. The Balaban J connectivity index is 4.21. The van der Waals surface area contributed by atoms with Gasteiger partial charge in [-0.05, 0) is 12.8 Å². The molecule has 328 valence electrons. The zero-order valence-electron chi connectivity index (χ0n) is 35.7. The maximum absolute atomic E-state index is 12.6. The normalized spacial score (nSPS) is 13.8. The lowest BCUT2D eigenvalue weighted by atomic mass is 10.0.